The number of carbonyl (C=O) groups is 2. The minimum atomic E-state index is -1.39. The zero-order valence-corrected chi connectivity index (χ0v) is 59.9. The topological polar surface area (TPSA) is 260 Å². The number of hydrogen-bond acceptors (Lipinski definition) is 17. The van der Waals surface area contributed by atoms with Gasteiger partial charge in [0.1, 0.15) is 57.3 Å². The van der Waals surface area contributed by atoms with E-state index in [1.165, 1.54) is 70.5 Å². The summed E-state index contributed by atoms with van der Waals surface area (Å²) in [5.74, 6) is -8.61. The number of aromatic nitrogens is 4. The van der Waals surface area contributed by atoms with E-state index in [0.717, 1.165) is 33.4 Å². The molecule has 0 bridgehead atoms. The van der Waals surface area contributed by atoms with E-state index in [9.17, 15) is 44.5 Å². The molecular formula is C72H79ClF6N10O13. The van der Waals surface area contributed by atoms with Gasteiger partial charge in [0.05, 0.1) is 98.8 Å². The lowest BCUT2D eigenvalue weighted by molar-refractivity contribution is -0.385. The molecule has 30 heteroatoms. The average molecular weight is 1440 g/mol. The number of ether oxygens (including phenoxy) is 4. The molecule has 2 fully saturated rings. The molecule has 23 nitrogen and oxygen atoms in total. The minimum absolute atomic E-state index is 0.0379. The second-order valence-electron chi connectivity index (χ2n) is 27.7. The number of nitrogens with zero attached hydrogens (tertiary/aromatic N) is 10. The first-order valence-electron chi connectivity index (χ1n) is 32.6. The van der Waals surface area contributed by atoms with Gasteiger partial charge in [-0.1, -0.05) is 39.8 Å². The number of aryl methyl sites for hydroxylation is 2. The first-order chi connectivity index (χ1) is 47.9. The number of nitro groups is 2. The van der Waals surface area contributed by atoms with Crippen molar-refractivity contribution in [2.45, 2.75) is 144 Å². The highest BCUT2D eigenvalue weighted by molar-refractivity contribution is 6.18. The van der Waals surface area contributed by atoms with E-state index in [2.05, 4.69) is 9.97 Å². The summed E-state index contributed by atoms with van der Waals surface area (Å²) in [5.41, 5.74) is -9.42. The molecule has 0 saturated carbocycles. The molecule has 4 aromatic heterocycles. The summed E-state index contributed by atoms with van der Waals surface area (Å²) in [5, 5.41) is 35.8. The number of pyridine rings is 4. The van der Waals surface area contributed by atoms with Crippen molar-refractivity contribution in [3.8, 4) is 45.1 Å². The zero-order valence-electron chi connectivity index (χ0n) is 59.1. The molecule has 1 N–H and O–H groups in total. The number of fused-ring (bicyclic) bond motifs is 2. The van der Waals surface area contributed by atoms with Crippen LogP contribution >= 0.6 is 11.6 Å². The minimum Gasteiger partial charge on any atom is -0.496 e. The van der Waals surface area contributed by atoms with E-state index >= 15 is 26.3 Å². The summed E-state index contributed by atoms with van der Waals surface area (Å²) in [6.45, 7) is 22.6. The number of anilines is 2. The highest BCUT2D eigenvalue weighted by atomic mass is 35.5. The molecule has 2 amide bonds. The molecule has 0 radical (unpaired) electrons. The predicted octanol–water partition coefficient (Wildman–Crippen LogP) is 14.5. The van der Waals surface area contributed by atoms with Crippen LogP contribution in [0.3, 0.4) is 0 Å². The summed E-state index contributed by atoms with van der Waals surface area (Å²) in [7, 11) is 2.42. The first-order valence-corrected chi connectivity index (χ1v) is 33.2. The van der Waals surface area contributed by atoms with E-state index < -0.39 is 171 Å². The number of hydrogen-bond donors (Lipinski definition) is 1. The number of alkyl halides is 1. The SMILES string of the molecule is COc1cccc(F)c1-c1c(F)cc2c(N3C[C@@H](C)N(C(=O)OC(C)(C)C)C[C@@H]3CCl)c([N+](=O)[O-])c(=O)n(-c3c(C)ccnc3C(C)C)c2c1F.COc1cccc(F)c1-c1c(F)cc2c(N3C[C@@H](C)N(C(=O)OC(C)(C)C)C[C@@H]3CO)c([N+](=O)[O-])c(=O)n(-c3c(C)ccnc3C(C)C)c2c1F. The Morgan fingerprint density at radius 1 is 0.588 bits per heavy atom. The molecule has 6 heterocycles. The molecule has 2 aliphatic heterocycles. The second-order valence-corrected chi connectivity index (χ2v) is 28.0. The summed E-state index contributed by atoms with van der Waals surface area (Å²) in [6, 6.07) is 8.73. The first kappa shape index (κ1) is 76.2. The Kier molecular flexibility index (Phi) is 22.0. The Labute approximate surface area is 588 Å². The Morgan fingerprint density at radius 2 is 0.951 bits per heavy atom. The fourth-order valence-corrected chi connectivity index (χ4v) is 13.4. The number of amides is 2. The second kappa shape index (κ2) is 29.5. The lowest BCUT2D eigenvalue weighted by atomic mass is 9.96. The maximum atomic E-state index is 17.4. The van der Waals surface area contributed by atoms with Crippen LogP contribution in [0.4, 0.5) is 58.7 Å². The zero-order chi connectivity index (χ0) is 75.4. The molecule has 8 aromatic rings. The molecule has 0 unspecified atom stereocenters. The summed E-state index contributed by atoms with van der Waals surface area (Å²) < 4.78 is 122. The van der Waals surface area contributed by atoms with Crippen LogP contribution in [0.1, 0.15) is 117 Å². The normalized spacial score (nSPS) is 16.6. The van der Waals surface area contributed by atoms with Gasteiger partial charge in [-0.05, 0) is 141 Å². The van der Waals surface area contributed by atoms with Crippen molar-refractivity contribution in [1.82, 2.24) is 28.9 Å². The van der Waals surface area contributed by atoms with Crippen molar-refractivity contribution in [3.63, 3.8) is 0 Å². The molecule has 2 saturated heterocycles. The van der Waals surface area contributed by atoms with Gasteiger partial charge in [-0.15, -0.1) is 11.6 Å². The van der Waals surface area contributed by atoms with Gasteiger partial charge in [-0.3, -0.25) is 48.9 Å². The summed E-state index contributed by atoms with van der Waals surface area (Å²) >= 11 is 6.44. The Hall–Kier alpha value is -10.0. The van der Waals surface area contributed by atoms with Crippen molar-refractivity contribution >= 4 is 68.3 Å². The number of carbonyl (C=O) groups excluding carboxylic acids is 2. The van der Waals surface area contributed by atoms with Gasteiger partial charge in [-0.2, -0.15) is 0 Å². The van der Waals surface area contributed by atoms with Crippen LogP contribution in [-0.4, -0.2) is 144 Å². The fraction of sp³-hybridized carbons (Fsp3) is 0.417. The van der Waals surface area contributed by atoms with Gasteiger partial charge in [0.25, 0.3) is 0 Å². The lowest BCUT2D eigenvalue weighted by Gasteiger charge is -2.45. The number of halogens is 7. The van der Waals surface area contributed by atoms with E-state index in [1.54, 1.807) is 109 Å². The molecule has 10 rings (SSSR count). The third-order valence-electron chi connectivity index (χ3n) is 17.6. The van der Waals surface area contributed by atoms with Crippen LogP contribution in [0.15, 0.2) is 82.6 Å². The van der Waals surface area contributed by atoms with Crippen LogP contribution < -0.4 is 30.4 Å². The van der Waals surface area contributed by atoms with Crippen molar-refractivity contribution < 1.29 is 69.8 Å². The van der Waals surface area contributed by atoms with Gasteiger partial charge in [-0.25, -0.2) is 35.9 Å². The molecule has 4 atom stereocenters. The standard InChI is InChI=1S/C36H39ClF3N5O6.C36H40F3N5O7/c1-18(2)29-30(19(3)12-13-41-29)44-31-22(14-24(39)27(28(31)40)26-23(38)10-9-11-25(26)50-8)32(33(34(44)46)45(48)49)43-16-20(4)42(17-21(43)15-37)35(47)51-36(5,6)7;1-18(2)29-30(19(3)12-13-40-29)43-31-22(14-24(38)27(28(31)39)26-23(37)10-9-11-25(26)50-8)32(33(34(43)46)44(48)49)42-15-20(4)41(16-21(42)17-45)35(47)51-36(5,6)7/h9-14,18,20-21H,15-17H2,1-8H3;9-14,18,20-21,45H,15-17H2,1-8H3/t20-,21+;20-,21-/m11/s1. The average Bonchev–Trinajstić information content (AvgIpc) is 0.716. The summed E-state index contributed by atoms with van der Waals surface area (Å²) in [4.78, 5) is 94.1. The molecule has 544 valence electrons. The van der Waals surface area contributed by atoms with Crippen LogP contribution in [0, 0.1) is 69.0 Å². The smallest absolute Gasteiger partial charge is 0.410 e. The predicted molar refractivity (Wildman–Crippen MR) is 374 cm³/mol. The number of methoxy groups -OCH3 is 2. The monoisotopic (exact) mass is 1440 g/mol. The number of aliphatic hydroxyl groups excluding tert-OH is 1. The molecule has 0 aliphatic carbocycles. The van der Waals surface area contributed by atoms with E-state index in [0.29, 0.717) is 22.5 Å². The maximum absolute atomic E-state index is 17.4. The van der Waals surface area contributed by atoms with Crippen molar-refractivity contribution in [2.24, 2.45) is 0 Å². The lowest BCUT2D eigenvalue weighted by Crippen LogP contribution is -2.61. The van der Waals surface area contributed by atoms with Crippen LogP contribution in [0.25, 0.3) is 55.4 Å². The van der Waals surface area contributed by atoms with Crippen LogP contribution in [0.5, 0.6) is 11.5 Å². The number of rotatable bonds is 14. The Bertz CT molecular complexity index is 4500. The molecule has 4 aromatic carbocycles. The third kappa shape index (κ3) is 14.2. The maximum Gasteiger partial charge on any atom is 0.410 e. The van der Waals surface area contributed by atoms with Gasteiger partial charge in [0.2, 0.25) is 0 Å². The largest absolute Gasteiger partial charge is 0.496 e. The van der Waals surface area contributed by atoms with E-state index in [-0.39, 0.29) is 72.2 Å². The van der Waals surface area contributed by atoms with Gasteiger partial charge < -0.3 is 43.7 Å². The quantitative estimate of drug-likeness (QED) is 0.0459. The highest BCUT2D eigenvalue weighted by Crippen LogP contribution is 2.48. The highest BCUT2D eigenvalue weighted by Gasteiger charge is 2.45. The molecular weight excluding hydrogens is 1360 g/mol. The van der Waals surface area contributed by atoms with Crippen molar-refractivity contribution in [2.75, 3.05) is 62.7 Å². The van der Waals surface area contributed by atoms with Gasteiger partial charge in [0, 0.05) is 67.3 Å². The number of benzene rings is 4. The Balaban J connectivity index is 0.000000237. The number of piperazine rings is 2. The molecule has 102 heavy (non-hydrogen) atoms. The number of aliphatic hydroxyl groups is 1. The van der Waals surface area contributed by atoms with E-state index in [1.807, 2.05) is 0 Å². The van der Waals surface area contributed by atoms with Crippen LogP contribution in [-0.2, 0) is 9.47 Å². The van der Waals surface area contributed by atoms with Crippen molar-refractivity contribution in [3.05, 3.63) is 171 Å². The van der Waals surface area contributed by atoms with E-state index in [4.69, 9.17) is 30.5 Å². The summed E-state index contributed by atoms with van der Waals surface area (Å²) in [6.07, 6.45) is 1.63. The molecule has 2 aliphatic rings. The van der Waals surface area contributed by atoms with Crippen LogP contribution in [0.2, 0.25) is 0 Å². The third-order valence-corrected chi connectivity index (χ3v) is 18.0. The Morgan fingerprint density at radius 3 is 1.27 bits per heavy atom. The van der Waals surface area contributed by atoms with Crippen molar-refractivity contribution in [1.29, 1.82) is 0 Å². The molecule has 0 spiro atoms. The van der Waals surface area contributed by atoms with Gasteiger partial charge in [0.15, 0.2) is 11.6 Å². The van der Waals surface area contributed by atoms with Gasteiger partial charge >= 0.3 is 34.7 Å². The fourth-order valence-electron chi connectivity index (χ4n) is 13.1.